The number of aliphatic hydroxyl groups excluding tert-OH is 1. The number of halogens is 1. The molecule has 0 aliphatic heterocycles. The smallest absolute Gasteiger partial charge is 0.457 e. The first-order chi connectivity index (χ1) is 19.3. The Morgan fingerprint density at radius 1 is 1.12 bits per heavy atom. The van der Waals surface area contributed by atoms with Crippen molar-refractivity contribution in [2.45, 2.75) is 102 Å². The molecule has 0 aromatic heterocycles. The Labute approximate surface area is 241 Å². The molecule has 0 unspecified atom stereocenters. The topological polar surface area (TPSA) is 116 Å². The van der Waals surface area contributed by atoms with Crippen LogP contribution < -0.4 is 0 Å². The third-order valence-corrected chi connectivity index (χ3v) is 11.6. The average molecular weight is 575 g/mol. The molecule has 4 saturated carbocycles. The molecule has 1 N–H and O–H groups in total. The maximum Gasteiger partial charge on any atom is 0.509 e. The average Bonchev–Trinajstić information content (AvgIpc) is 3.53. The lowest BCUT2D eigenvalue weighted by molar-refractivity contribution is -0.222. The van der Waals surface area contributed by atoms with Crippen molar-refractivity contribution in [2.75, 3.05) is 13.7 Å². The van der Waals surface area contributed by atoms with Crippen molar-refractivity contribution in [1.29, 1.82) is 0 Å². The second kappa shape index (κ2) is 10.6. The Bertz CT molecular complexity index is 1170. The number of carbonyl (C=O) groups excluding carboxylic acids is 4. The molecule has 0 spiro atoms. The van der Waals surface area contributed by atoms with E-state index in [0.29, 0.717) is 37.2 Å². The maximum atomic E-state index is 17.5. The van der Waals surface area contributed by atoms with E-state index in [1.54, 1.807) is 26.8 Å². The second-order valence-corrected chi connectivity index (χ2v) is 13.5. The van der Waals surface area contributed by atoms with Crippen LogP contribution in [0.2, 0.25) is 0 Å². The third-order valence-electron chi connectivity index (χ3n) is 11.6. The van der Waals surface area contributed by atoms with E-state index in [-0.39, 0.29) is 18.6 Å². The fourth-order valence-electron chi connectivity index (χ4n) is 9.52. The maximum absolute atomic E-state index is 17.5. The lowest BCUT2D eigenvalue weighted by atomic mass is 9.44. The lowest BCUT2D eigenvalue weighted by Crippen LogP contribution is -2.70. The van der Waals surface area contributed by atoms with E-state index in [4.69, 9.17) is 14.2 Å². The number of hydrogen-bond acceptors (Lipinski definition) is 8. The Kier molecular flexibility index (Phi) is 7.75. The zero-order chi connectivity index (χ0) is 29.8. The molecule has 0 radical (unpaired) electrons. The van der Waals surface area contributed by atoms with Gasteiger partial charge in [-0.15, -0.1) is 0 Å². The number of hydrogen-bond donors (Lipinski definition) is 1. The van der Waals surface area contributed by atoms with E-state index in [0.717, 1.165) is 20.0 Å². The van der Waals surface area contributed by atoms with E-state index in [1.807, 2.05) is 0 Å². The summed E-state index contributed by atoms with van der Waals surface area (Å²) in [6.45, 7) is 4.71. The molecule has 5 aliphatic rings. The summed E-state index contributed by atoms with van der Waals surface area (Å²) in [4.78, 5) is 51.4. The van der Waals surface area contributed by atoms with Crippen LogP contribution in [0.3, 0.4) is 0 Å². The molecule has 9 heteroatoms. The summed E-state index contributed by atoms with van der Waals surface area (Å²) in [5, 5.41) is 11.6. The standard InChI is InChI=1S/C32H43FO8/c1-19-15-24-23-11-10-21-16-22(34)13-14-29(21,2)31(23,33)25(35)17-30(24,3)32(19,41-28(38)39-4)26(36)18-40-27(37)12-9-20-7-5-6-8-20/h13-14,16,19-20,23-25,35H,5-12,15,17-18H2,1-4H3/t19-,23+,24+,25+,29+,30+,31+,32+/m1/s1. The number of Topliss-reactive ketones (excluding diaryl/α,β-unsaturated/α-hetero) is 1. The monoisotopic (exact) mass is 574 g/mol. The van der Waals surface area contributed by atoms with Gasteiger partial charge in [-0.3, -0.25) is 14.4 Å². The molecule has 0 bridgehead atoms. The molecule has 0 saturated heterocycles. The number of fused-ring (bicyclic) bond motifs is 5. The Hall–Kier alpha value is -2.55. The molecule has 0 aromatic rings. The number of esters is 1. The fourth-order valence-corrected chi connectivity index (χ4v) is 9.52. The summed E-state index contributed by atoms with van der Waals surface area (Å²) in [5.74, 6) is -2.40. The molecule has 226 valence electrons. The summed E-state index contributed by atoms with van der Waals surface area (Å²) in [5.41, 5.74) is -5.54. The van der Waals surface area contributed by atoms with Gasteiger partial charge in [0.05, 0.1) is 13.2 Å². The van der Waals surface area contributed by atoms with E-state index in [1.165, 1.54) is 25.0 Å². The van der Waals surface area contributed by atoms with Gasteiger partial charge in [0.1, 0.15) is 0 Å². The molecular weight excluding hydrogens is 531 g/mol. The molecule has 41 heavy (non-hydrogen) atoms. The number of ketones is 2. The number of aliphatic hydroxyl groups is 1. The Morgan fingerprint density at radius 3 is 2.51 bits per heavy atom. The fraction of sp³-hybridized carbons (Fsp3) is 0.750. The highest BCUT2D eigenvalue weighted by molar-refractivity contribution is 6.01. The van der Waals surface area contributed by atoms with Gasteiger partial charge in [0, 0.05) is 29.1 Å². The lowest BCUT2D eigenvalue weighted by Gasteiger charge is -2.62. The normalized spacial score (nSPS) is 41.6. The molecule has 5 aliphatic carbocycles. The molecule has 5 rings (SSSR count). The van der Waals surface area contributed by atoms with Crippen LogP contribution in [0.1, 0.15) is 85.0 Å². The number of rotatable bonds is 7. The minimum Gasteiger partial charge on any atom is -0.457 e. The molecule has 4 fully saturated rings. The van der Waals surface area contributed by atoms with Crippen molar-refractivity contribution in [1.82, 2.24) is 0 Å². The predicted octanol–water partition coefficient (Wildman–Crippen LogP) is 5.21. The molecule has 8 atom stereocenters. The van der Waals surface area contributed by atoms with Crippen LogP contribution in [-0.4, -0.2) is 59.9 Å². The summed E-state index contributed by atoms with van der Waals surface area (Å²) < 4.78 is 33.6. The number of methoxy groups -OCH3 is 1. The molecule has 8 nitrogen and oxygen atoms in total. The van der Waals surface area contributed by atoms with Crippen LogP contribution in [0.15, 0.2) is 23.8 Å². The van der Waals surface area contributed by atoms with Crippen LogP contribution in [0, 0.1) is 34.5 Å². The highest BCUT2D eigenvalue weighted by atomic mass is 19.1. The van der Waals surface area contributed by atoms with Crippen molar-refractivity contribution < 1.29 is 42.9 Å². The van der Waals surface area contributed by atoms with Gasteiger partial charge in [0.15, 0.2) is 23.7 Å². The van der Waals surface area contributed by atoms with Crippen LogP contribution >= 0.6 is 0 Å². The Morgan fingerprint density at radius 2 is 1.83 bits per heavy atom. The van der Waals surface area contributed by atoms with Crippen LogP contribution in [0.5, 0.6) is 0 Å². The first-order valence-electron chi connectivity index (χ1n) is 15.1. The van der Waals surface area contributed by atoms with Crippen molar-refractivity contribution in [2.24, 2.45) is 34.5 Å². The highest BCUT2D eigenvalue weighted by Crippen LogP contribution is 2.71. The van der Waals surface area contributed by atoms with Gasteiger partial charge in [-0.25, -0.2) is 9.18 Å². The van der Waals surface area contributed by atoms with E-state index in [9.17, 15) is 24.3 Å². The largest absolute Gasteiger partial charge is 0.509 e. The molecule has 0 aromatic carbocycles. The number of carbonyl (C=O) groups is 4. The zero-order valence-electron chi connectivity index (χ0n) is 24.6. The van der Waals surface area contributed by atoms with E-state index < -0.39 is 70.5 Å². The summed E-state index contributed by atoms with van der Waals surface area (Å²) in [6, 6.07) is 0. The minimum absolute atomic E-state index is 0.155. The van der Waals surface area contributed by atoms with Gasteiger partial charge in [-0.1, -0.05) is 51.2 Å². The minimum atomic E-state index is -2.09. The molecule has 0 amide bonds. The summed E-state index contributed by atoms with van der Waals surface area (Å²) >= 11 is 0. The van der Waals surface area contributed by atoms with Gasteiger partial charge >= 0.3 is 12.1 Å². The quantitative estimate of drug-likeness (QED) is 0.412. The van der Waals surface area contributed by atoms with Crippen molar-refractivity contribution in [3.63, 3.8) is 0 Å². The van der Waals surface area contributed by atoms with Crippen LogP contribution in [0.25, 0.3) is 0 Å². The number of ether oxygens (including phenoxy) is 3. The van der Waals surface area contributed by atoms with Crippen molar-refractivity contribution in [3.8, 4) is 0 Å². The molecule has 0 heterocycles. The van der Waals surface area contributed by atoms with Gasteiger partial charge in [0.25, 0.3) is 0 Å². The van der Waals surface area contributed by atoms with Gasteiger partial charge in [-0.2, -0.15) is 0 Å². The predicted molar refractivity (Wildman–Crippen MR) is 146 cm³/mol. The molecular formula is C32H43FO8. The Balaban J connectivity index is 1.44. The first-order valence-corrected chi connectivity index (χ1v) is 15.1. The van der Waals surface area contributed by atoms with Gasteiger partial charge in [0.2, 0.25) is 5.78 Å². The van der Waals surface area contributed by atoms with E-state index >= 15 is 4.39 Å². The first kappa shape index (κ1) is 29.9. The number of allylic oxidation sites excluding steroid dienone is 4. The summed E-state index contributed by atoms with van der Waals surface area (Å²) in [7, 11) is 1.15. The van der Waals surface area contributed by atoms with Crippen molar-refractivity contribution >= 4 is 23.7 Å². The van der Waals surface area contributed by atoms with Crippen LogP contribution in [-0.2, 0) is 28.6 Å². The van der Waals surface area contributed by atoms with Crippen molar-refractivity contribution in [3.05, 3.63) is 23.8 Å². The number of alkyl halides is 1. The summed E-state index contributed by atoms with van der Waals surface area (Å²) in [6.07, 6.45) is 8.40. The SMILES string of the molecule is COC(=O)O[C@]1(C(=O)COC(=O)CCC2CCCC2)[C@H](C)C[C@H]2[C@@H]3CCC4=CC(=O)C=C[C@]4(C)[C@@]3(F)[C@@H](O)C[C@@]21C. The third kappa shape index (κ3) is 4.40. The van der Waals surface area contributed by atoms with Gasteiger partial charge < -0.3 is 19.3 Å². The van der Waals surface area contributed by atoms with E-state index in [2.05, 4.69) is 0 Å². The zero-order valence-corrected chi connectivity index (χ0v) is 24.6. The van der Waals surface area contributed by atoms with Crippen LogP contribution in [0.4, 0.5) is 9.18 Å². The second-order valence-electron chi connectivity index (χ2n) is 13.5. The highest BCUT2D eigenvalue weighted by Gasteiger charge is 2.77. The van der Waals surface area contributed by atoms with Gasteiger partial charge in [-0.05, 0) is 63.0 Å².